The highest BCUT2D eigenvalue weighted by atomic mass is 28.3. The van der Waals surface area contributed by atoms with Crippen LogP contribution in [-0.2, 0) is 23.5 Å². The van der Waals surface area contributed by atoms with Crippen molar-refractivity contribution in [1.82, 2.24) is 9.80 Å². The lowest BCUT2D eigenvalue weighted by Crippen LogP contribution is -2.71. The fourth-order valence-electron chi connectivity index (χ4n) is 6.66. The summed E-state index contributed by atoms with van der Waals surface area (Å²) < 4.78 is 17.9. The molecule has 9 nitrogen and oxygen atoms in total. The Morgan fingerprint density at radius 1 is 1.17 bits per heavy atom. The Bertz CT molecular complexity index is 1200. The minimum Gasteiger partial charge on any atom is -0.467 e. The van der Waals surface area contributed by atoms with Gasteiger partial charge >= 0.3 is 5.97 Å². The van der Waals surface area contributed by atoms with Gasteiger partial charge in [-0.1, -0.05) is 58.9 Å². The number of fused-ring (bicyclic) bond motifs is 1. The second-order valence-corrected chi connectivity index (χ2v) is 15.6. The van der Waals surface area contributed by atoms with E-state index in [1.807, 2.05) is 6.07 Å². The van der Waals surface area contributed by atoms with Gasteiger partial charge in [0, 0.05) is 19.4 Å². The second-order valence-electron chi connectivity index (χ2n) is 13.2. The van der Waals surface area contributed by atoms with Crippen molar-refractivity contribution >= 4 is 32.7 Å². The number of β-lactam (4-membered cyclic amide) rings is 1. The number of esters is 1. The number of carbonyl (C=O) groups is 4. The van der Waals surface area contributed by atoms with Crippen LogP contribution in [0.5, 0.6) is 5.75 Å². The molecule has 1 aromatic carbocycles. The fraction of sp³-hybridized carbons (Fsp3) is 0.625. The first-order chi connectivity index (χ1) is 19.8. The summed E-state index contributed by atoms with van der Waals surface area (Å²) in [5.74, 6) is -2.59. The van der Waals surface area contributed by atoms with Crippen LogP contribution in [-0.4, -0.2) is 74.1 Å². The van der Waals surface area contributed by atoms with Gasteiger partial charge in [-0.05, 0) is 49.4 Å². The largest absolute Gasteiger partial charge is 0.467 e. The smallest absolute Gasteiger partial charge is 0.325 e. The van der Waals surface area contributed by atoms with Crippen molar-refractivity contribution in [3.63, 3.8) is 0 Å². The van der Waals surface area contributed by atoms with Gasteiger partial charge in [0.1, 0.15) is 18.9 Å². The van der Waals surface area contributed by atoms with E-state index < -0.39 is 44.5 Å². The molecule has 42 heavy (non-hydrogen) atoms. The molecule has 3 aliphatic rings. The van der Waals surface area contributed by atoms with Crippen molar-refractivity contribution in [2.45, 2.75) is 84.7 Å². The Kier molecular flexibility index (Phi) is 9.67. The molecule has 2 heterocycles. The van der Waals surface area contributed by atoms with Crippen LogP contribution in [0.25, 0.3) is 0 Å². The second kappa shape index (κ2) is 12.7. The van der Waals surface area contributed by atoms with Crippen LogP contribution in [0.1, 0.15) is 70.2 Å². The van der Waals surface area contributed by atoms with Gasteiger partial charge < -0.3 is 18.8 Å². The van der Waals surface area contributed by atoms with Gasteiger partial charge in [0.2, 0.25) is 11.8 Å². The van der Waals surface area contributed by atoms with Crippen LogP contribution in [0.4, 0.5) is 0 Å². The van der Waals surface area contributed by atoms with E-state index >= 15 is 0 Å². The molecule has 0 aromatic heterocycles. The number of amides is 3. The quantitative estimate of drug-likeness (QED) is 0.168. The Balaban J connectivity index is 1.71. The number of benzene rings is 1. The van der Waals surface area contributed by atoms with Gasteiger partial charge in [-0.15, -0.1) is 0 Å². The Labute approximate surface area is 251 Å². The summed E-state index contributed by atoms with van der Waals surface area (Å²) in [6.07, 6.45) is 5.24. The van der Waals surface area contributed by atoms with Crippen molar-refractivity contribution < 1.29 is 33.1 Å². The van der Waals surface area contributed by atoms with Crippen molar-refractivity contribution in [3.8, 4) is 5.75 Å². The maximum Gasteiger partial charge on any atom is 0.325 e. The van der Waals surface area contributed by atoms with Crippen LogP contribution >= 0.6 is 0 Å². The highest BCUT2D eigenvalue weighted by molar-refractivity contribution is 6.48. The first kappa shape index (κ1) is 31.9. The molecular formula is C32H46N2O7Si. The third-order valence-corrected chi connectivity index (χ3v) is 9.76. The number of hydrogen-bond donors (Lipinski definition) is 0. The molecule has 230 valence electrons. The van der Waals surface area contributed by atoms with Gasteiger partial charge in [-0.2, -0.15) is 0 Å². The molecule has 1 saturated carbocycles. The van der Waals surface area contributed by atoms with Crippen molar-refractivity contribution in [2.24, 2.45) is 23.2 Å². The summed E-state index contributed by atoms with van der Waals surface area (Å²) in [7, 11) is -1.40. The number of para-hydroxylation sites is 1. The maximum absolute atomic E-state index is 14.6. The van der Waals surface area contributed by atoms with Gasteiger partial charge in [0.15, 0.2) is 14.8 Å². The number of nitrogens with zero attached hydrogens (tertiary/aromatic N) is 2. The predicted octanol–water partition coefficient (Wildman–Crippen LogP) is 4.56. The molecule has 0 unspecified atom stereocenters. The number of hydrogen-bond acceptors (Lipinski definition) is 7. The fourth-order valence-corrected chi connectivity index (χ4v) is 7.26. The van der Waals surface area contributed by atoms with E-state index in [9.17, 15) is 19.2 Å². The average molecular weight is 599 g/mol. The van der Waals surface area contributed by atoms with Crippen molar-refractivity contribution in [2.75, 3.05) is 19.8 Å². The summed E-state index contributed by atoms with van der Waals surface area (Å²) in [5.41, 5.74) is -1.03. The lowest BCUT2D eigenvalue weighted by molar-refractivity contribution is -0.182. The SMILES string of the molecule is C=CCOC(=O)CN1C(=O)[C@@H]([C@@H](CO[SiH](C)C)C(C)(C)C)[C@H]1[C@@H](C)C(=O)N1C(=O)c2ccccc2OC12CCCCC2. The van der Waals surface area contributed by atoms with Gasteiger partial charge in [0.05, 0.1) is 23.4 Å². The molecule has 1 aromatic rings. The van der Waals surface area contributed by atoms with E-state index in [2.05, 4.69) is 40.4 Å². The van der Waals surface area contributed by atoms with E-state index in [1.54, 1.807) is 25.1 Å². The van der Waals surface area contributed by atoms with Gasteiger partial charge in [-0.25, -0.2) is 4.90 Å². The average Bonchev–Trinajstić information content (AvgIpc) is 2.93. The Morgan fingerprint density at radius 2 is 1.83 bits per heavy atom. The number of likely N-dealkylation sites (tertiary alicyclic amines) is 1. The third kappa shape index (κ3) is 6.20. The van der Waals surface area contributed by atoms with E-state index in [0.29, 0.717) is 30.8 Å². The molecule has 0 radical (unpaired) electrons. The van der Waals surface area contributed by atoms with E-state index in [4.69, 9.17) is 13.9 Å². The lowest BCUT2D eigenvalue weighted by Gasteiger charge is -2.55. The molecule has 3 amide bonds. The van der Waals surface area contributed by atoms with Gasteiger partial charge in [0.25, 0.3) is 5.91 Å². The molecule has 0 bridgehead atoms. The Hall–Kier alpha value is -2.98. The van der Waals surface area contributed by atoms with E-state index in [1.165, 1.54) is 15.9 Å². The zero-order chi connectivity index (χ0) is 30.8. The summed E-state index contributed by atoms with van der Waals surface area (Å²) in [5, 5.41) is 0. The predicted molar refractivity (Wildman–Crippen MR) is 161 cm³/mol. The molecule has 2 fully saturated rings. The van der Waals surface area contributed by atoms with Crippen molar-refractivity contribution in [3.05, 3.63) is 42.5 Å². The summed E-state index contributed by atoms with van der Waals surface area (Å²) in [6, 6.07) is 6.42. The first-order valence-electron chi connectivity index (χ1n) is 15.2. The minimum absolute atomic E-state index is 0.0302. The minimum atomic E-state index is -1.40. The molecule has 2 aliphatic heterocycles. The van der Waals surface area contributed by atoms with Crippen LogP contribution in [0.2, 0.25) is 13.1 Å². The number of rotatable bonds is 10. The van der Waals surface area contributed by atoms with Crippen LogP contribution < -0.4 is 4.74 Å². The number of carbonyl (C=O) groups excluding carboxylic acids is 4. The third-order valence-electron chi connectivity index (χ3n) is 8.90. The number of imide groups is 1. The lowest BCUT2D eigenvalue weighted by atomic mass is 9.64. The zero-order valence-corrected chi connectivity index (χ0v) is 27.0. The maximum atomic E-state index is 14.6. The molecular weight excluding hydrogens is 552 g/mol. The summed E-state index contributed by atoms with van der Waals surface area (Å²) in [6.45, 7) is 15.8. The number of ether oxygens (including phenoxy) is 2. The first-order valence-corrected chi connectivity index (χ1v) is 18.0. The summed E-state index contributed by atoms with van der Waals surface area (Å²) in [4.78, 5) is 57.8. The molecule has 1 aliphatic carbocycles. The molecule has 4 atom stereocenters. The van der Waals surface area contributed by atoms with Crippen LogP contribution in [0.3, 0.4) is 0 Å². The molecule has 4 rings (SSSR count). The molecule has 10 heteroatoms. The highest BCUT2D eigenvalue weighted by Gasteiger charge is 2.60. The van der Waals surface area contributed by atoms with Crippen LogP contribution in [0.15, 0.2) is 36.9 Å². The molecule has 1 spiro atoms. The topological polar surface area (TPSA) is 102 Å². The zero-order valence-electron chi connectivity index (χ0n) is 25.9. The monoisotopic (exact) mass is 598 g/mol. The van der Waals surface area contributed by atoms with Crippen LogP contribution in [0, 0.1) is 23.2 Å². The highest BCUT2D eigenvalue weighted by Crippen LogP contribution is 2.47. The Morgan fingerprint density at radius 3 is 2.45 bits per heavy atom. The molecule has 1 saturated heterocycles. The standard InChI is InChI=1S/C32H46N2O7Si/c1-8-18-39-25(35)19-33-27(26(30(33)38)23(31(3,4)5)20-40-42(6)7)21(2)28(36)34-29(37)22-14-10-11-15-24(22)41-32(34)16-12-9-13-17-32/h8,10-11,14-15,21,23,26-27,42H,1,9,12-13,16-20H2,2-7H3/t21-,23-,26+,27-/m1/s1. The van der Waals surface area contributed by atoms with E-state index in [-0.39, 0.29) is 36.3 Å². The van der Waals surface area contributed by atoms with E-state index in [0.717, 1.165) is 19.3 Å². The van der Waals surface area contributed by atoms with Crippen molar-refractivity contribution in [1.29, 1.82) is 0 Å². The van der Waals surface area contributed by atoms with Gasteiger partial charge in [-0.3, -0.25) is 19.2 Å². The summed E-state index contributed by atoms with van der Waals surface area (Å²) >= 11 is 0. The molecule has 0 N–H and O–H groups in total. The normalized spacial score (nSPS) is 23.1.